The molecule has 3 rings (SSSR count). The number of aliphatic hydroxyl groups excluding tert-OH is 1. The molecule has 5 nitrogen and oxygen atoms in total. The molecule has 0 radical (unpaired) electrons. The van der Waals surface area contributed by atoms with E-state index in [1.165, 1.54) is 0 Å². The third-order valence-corrected chi connectivity index (χ3v) is 3.79. The topological polar surface area (TPSA) is 67.2 Å². The van der Waals surface area contributed by atoms with Crippen molar-refractivity contribution in [3.05, 3.63) is 71.8 Å². The van der Waals surface area contributed by atoms with Crippen molar-refractivity contribution < 1.29 is 9.90 Å². The summed E-state index contributed by atoms with van der Waals surface area (Å²) >= 11 is 0. The van der Waals surface area contributed by atoms with Crippen molar-refractivity contribution in [3.63, 3.8) is 0 Å². The minimum Gasteiger partial charge on any atom is -0.394 e. The van der Waals surface area contributed by atoms with Crippen LogP contribution in [0.1, 0.15) is 15.9 Å². The number of aryl methyl sites for hydroxylation is 1. The fourth-order valence-corrected chi connectivity index (χ4v) is 2.55. The second-order valence-electron chi connectivity index (χ2n) is 5.50. The van der Waals surface area contributed by atoms with Gasteiger partial charge in [0.05, 0.1) is 18.8 Å². The maximum Gasteiger partial charge on any atom is 0.256 e. The number of anilines is 1. The van der Waals surface area contributed by atoms with Gasteiger partial charge in [0.25, 0.3) is 5.91 Å². The molecule has 24 heavy (non-hydrogen) atoms. The summed E-state index contributed by atoms with van der Waals surface area (Å²) in [6, 6.07) is 18.8. The summed E-state index contributed by atoms with van der Waals surface area (Å²) in [6.45, 7) is 2.28. The molecular weight excluding hydrogens is 302 g/mol. The Hall–Kier alpha value is -2.92. The molecule has 2 N–H and O–H groups in total. The van der Waals surface area contributed by atoms with E-state index in [1.807, 2.05) is 55.5 Å². The number of amides is 1. The number of carbonyl (C=O) groups is 1. The molecule has 5 heteroatoms. The third kappa shape index (κ3) is 3.36. The second-order valence-corrected chi connectivity index (χ2v) is 5.50. The minimum atomic E-state index is -0.203. The number of nitrogens with one attached hydrogen (secondary N) is 1. The van der Waals surface area contributed by atoms with Gasteiger partial charge in [0, 0.05) is 17.2 Å². The van der Waals surface area contributed by atoms with E-state index in [2.05, 4.69) is 10.4 Å². The van der Waals surface area contributed by atoms with E-state index in [1.54, 1.807) is 16.8 Å². The van der Waals surface area contributed by atoms with Crippen LogP contribution in [-0.4, -0.2) is 27.4 Å². The van der Waals surface area contributed by atoms with Crippen LogP contribution in [0, 0.1) is 6.92 Å². The van der Waals surface area contributed by atoms with E-state index < -0.39 is 0 Å². The summed E-state index contributed by atoms with van der Waals surface area (Å²) in [5.41, 5.74) is 3.45. The number of hydrogen-bond donors (Lipinski definition) is 2. The third-order valence-electron chi connectivity index (χ3n) is 3.79. The summed E-state index contributed by atoms with van der Waals surface area (Å²) in [5.74, 6) is 0.363. The van der Waals surface area contributed by atoms with Crippen molar-refractivity contribution in [2.24, 2.45) is 0 Å². The van der Waals surface area contributed by atoms with Gasteiger partial charge >= 0.3 is 0 Å². The Morgan fingerprint density at radius 1 is 1.12 bits per heavy atom. The summed E-state index contributed by atoms with van der Waals surface area (Å²) in [7, 11) is 0. The normalized spacial score (nSPS) is 10.6. The average Bonchev–Trinajstić information content (AvgIpc) is 2.99. The van der Waals surface area contributed by atoms with Gasteiger partial charge in [-0.3, -0.25) is 4.79 Å². The lowest BCUT2D eigenvalue weighted by Gasteiger charge is -2.07. The fourth-order valence-electron chi connectivity index (χ4n) is 2.55. The van der Waals surface area contributed by atoms with Gasteiger partial charge in [-0.15, -0.1) is 0 Å². The summed E-state index contributed by atoms with van der Waals surface area (Å²) < 4.78 is 1.61. The quantitative estimate of drug-likeness (QED) is 0.759. The van der Waals surface area contributed by atoms with Crippen LogP contribution in [0.5, 0.6) is 0 Å². The first kappa shape index (κ1) is 16.0. The van der Waals surface area contributed by atoms with Crippen molar-refractivity contribution in [1.29, 1.82) is 0 Å². The molecule has 0 atom stereocenters. The molecule has 3 aromatic rings. The van der Waals surface area contributed by atoms with E-state index in [4.69, 9.17) is 0 Å². The molecule has 0 aliphatic carbocycles. The Balaban J connectivity index is 1.92. The zero-order valence-electron chi connectivity index (χ0n) is 13.4. The van der Waals surface area contributed by atoms with Crippen molar-refractivity contribution in [1.82, 2.24) is 9.78 Å². The van der Waals surface area contributed by atoms with Crippen LogP contribution in [0.25, 0.3) is 11.3 Å². The number of rotatable bonds is 5. The Kier molecular flexibility index (Phi) is 4.72. The second kappa shape index (κ2) is 7.10. The summed E-state index contributed by atoms with van der Waals surface area (Å²) in [4.78, 5) is 12.4. The smallest absolute Gasteiger partial charge is 0.256 e. The zero-order valence-corrected chi connectivity index (χ0v) is 13.4. The van der Waals surface area contributed by atoms with Gasteiger partial charge in [-0.05, 0) is 24.6 Å². The Bertz CT molecular complexity index is 841. The predicted molar refractivity (Wildman–Crippen MR) is 93.9 cm³/mol. The van der Waals surface area contributed by atoms with E-state index in [9.17, 15) is 9.90 Å². The largest absolute Gasteiger partial charge is 0.394 e. The van der Waals surface area contributed by atoms with Crippen molar-refractivity contribution in [2.75, 3.05) is 11.9 Å². The molecule has 1 amide bonds. The Morgan fingerprint density at radius 3 is 2.54 bits per heavy atom. The molecule has 122 valence electrons. The lowest BCUT2D eigenvalue weighted by atomic mass is 10.1. The van der Waals surface area contributed by atoms with E-state index in [-0.39, 0.29) is 12.5 Å². The number of benzene rings is 2. The fraction of sp³-hybridized carbons (Fsp3) is 0.158. The van der Waals surface area contributed by atoms with Gasteiger partial charge in [0.2, 0.25) is 0 Å². The van der Waals surface area contributed by atoms with Gasteiger partial charge < -0.3 is 10.4 Å². The molecule has 0 aliphatic rings. The van der Waals surface area contributed by atoms with Gasteiger partial charge in [-0.1, -0.05) is 42.5 Å². The lowest BCUT2D eigenvalue weighted by Crippen LogP contribution is -2.16. The zero-order chi connectivity index (χ0) is 16.9. The van der Waals surface area contributed by atoms with E-state index in [0.717, 1.165) is 16.8 Å². The monoisotopic (exact) mass is 321 g/mol. The highest BCUT2D eigenvalue weighted by molar-refractivity contribution is 6.04. The molecule has 1 heterocycles. The number of aromatic nitrogens is 2. The lowest BCUT2D eigenvalue weighted by molar-refractivity contribution is 0.102. The van der Waals surface area contributed by atoms with E-state index >= 15 is 0 Å². The molecule has 1 aromatic heterocycles. The first-order chi connectivity index (χ1) is 11.7. The molecule has 0 unspecified atom stereocenters. The van der Waals surface area contributed by atoms with Crippen LogP contribution in [0.15, 0.2) is 60.7 Å². The van der Waals surface area contributed by atoms with Crippen LogP contribution >= 0.6 is 0 Å². The molecule has 0 aliphatic heterocycles. The Labute approximate surface area is 140 Å². The van der Waals surface area contributed by atoms with Crippen LogP contribution < -0.4 is 5.32 Å². The highest BCUT2D eigenvalue weighted by Gasteiger charge is 2.14. The number of carbonyl (C=O) groups excluding carboxylic acids is 1. The van der Waals surface area contributed by atoms with Crippen molar-refractivity contribution >= 4 is 11.7 Å². The molecule has 0 spiro atoms. The van der Waals surface area contributed by atoms with Crippen LogP contribution in [0.2, 0.25) is 0 Å². The van der Waals surface area contributed by atoms with Crippen LogP contribution in [0.3, 0.4) is 0 Å². The molecule has 0 saturated carbocycles. The summed E-state index contributed by atoms with van der Waals surface area (Å²) in [6.07, 6.45) is 0. The first-order valence-electron chi connectivity index (χ1n) is 7.80. The number of aliphatic hydroxyl groups is 1. The highest BCUT2D eigenvalue weighted by atomic mass is 16.3. The maximum atomic E-state index is 12.4. The Morgan fingerprint density at radius 2 is 1.83 bits per heavy atom. The first-order valence-corrected chi connectivity index (χ1v) is 7.80. The minimum absolute atomic E-state index is 0.0525. The number of nitrogens with zero attached hydrogens (tertiary/aromatic N) is 2. The van der Waals surface area contributed by atoms with Crippen molar-refractivity contribution in [2.45, 2.75) is 13.5 Å². The average molecular weight is 321 g/mol. The van der Waals surface area contributed by atoms with Crippen LogP contribution in [-0.2, 0) is 6.54 Å². The molecular formula is C19H19N3O2. The van der Waals surface area contributed by atoms with Crippen LogP contribution in [0.4, 0.5) is 5.82 Å². The summed E-state index contributed by atoms with van der Waals surface area (Å²) in [5, 5.41) is 16.6. The maximum absolute atomic E-state index is 12.4. The molecule has 0 saturated heterocycles. The molecule has 0 bridgehead atoms. The van der Waals surface area contributed by atoms with Gasteiger partial charge in [0.1, 0.15) is 5.82 Å². The molecule has 2 aromatic carbocycles. The van der Waals surface area contributed by atoms with E-state index in [0.29, 0.717) is 17.9 Å². The highest BCUT2D eigenvalue weighted by Crippen LogP contribution is 2.25. The van der Waals surface area contributed by atoms with Gasteiger partial charge in [-0.25, -0.2) is 4.68 Å². The van der Waals surface area contributed by atoms with Gasteiger partial charge in [-0.2, -0.15) is 5.10 Å². The predicted octanol–water partition coefficient (Wildman–Crippen LogP) is 3.10. The SMILES string of the molecule is Cc1ccccc1-c1cc(NC(=O)c2ccccc2)n(CCO)n1. The number of hydrogen-bond acceptors (Lipinski definition) is 3. The molecule has 0 fully saturated rings. The van der Waals surface area contributed by atoms with Crippen molar-refractivity contribution in [3.8, 4) is 11.3 Å². The standard InChI is InChI=1S/C19H19N3O2/c1-14-7-5-6-10-16(14)17-13-18(22(21-17)11-12-23)20-19(24)15-8-3-2-4-9-15/h2-10,13,23H,11-12H2,1H3,(H,20,24). The van der Waals surface area contributed by atoms with Gasteiger partial charge in [0.15, 0.2) is 0 Å².